The normalized spacial score (nSPS) is 10.9. The van der Waals surface area contributed by atoms with Gasteiger partial charge in [-0.1, -0.05) is 0 Å². The van der Waals surface area contributed by atoms with Gasteiger partial charge >= 0.3 is 0 Å². The van der Waals surface area contributed by atoms with Gasteiger partial charge in [-0.3, -0.25) is 4.79 Å². The van der Waals surface area contributed by atoms with Gasteiger partial charge in [0.2, 0.25) is 0 Å². The summed E-state index contributed by atoms with van der Waals surface area (Å²) < 4.78 is 12.8. The van der Waals surface area contributed by atoms with Crippen LogP contribution in [0.3, 0.4) is 0 Å². The van der Waals surface area contributed by atoms with Gasteiger partial charge in [0.25, 0.3) is 0 Å². The number of ketones is 1. The minimum absolute atomic E-state index is 0.0777. The van der Waals surface area contributed by atoms with Crippen LogP contribution in [0.4, 0.5) is 4.39 Å². The molecule has 0 unspecified atom stereocenters. The molecule has 1 aromatic heterocycles. The number of halogens is 1. The zero-order valence-electron chi connectivity index (χ0n) is 11.5. The van der Waals surface area contributed by atoms with Gasteiger partial charge in [-0.15, -0.1) is 0 Å². The predicted molar refractivity (Wildman–Crippen MR) is 80.6 cm³/mol. The number of Topliss-reactive ketones (excluding diaryl/α,β-unsaturated/α-hetero) is 1. The van der Waals surface area contributed by atoms with Crippen molar-refractivity contribution in [3.63, 3.8) is 0 Å². The lowest BCUT2D eigenvalue weighted by Crippen LogP contribution is -2.19. The molecule has 4 heteroatoms. The number of hydrogen-bond acceptors (Lipinski definition) is 3. The summed E-state index contributed by atoms with van der Waals surface area (Å²) in [6.07, 6.45) is 1.32. The zero-order chi connectivity index (χ0) is 14.4. The third-order valence-electron chi connectivity index (χ3n) is 3.14. The van der Waals surface area contributed by atoms with Gasteiger partial charge in [0, 0.05) is 18.5 Å². The quantitative estimate of drug-likeness (QED) is 0.719. The van der Waals surface area contributed by atoms with E-state index in [9.17, 15) is 9.18 Å². The van der Waals surface area contributed by atoms with E-state index in [1.54, 1.807) is 23.5 Å². The summed E-state index contributed by atoms with van der Waals surface area (Å²) in [5, 5.41) is 4.21. The van der Waals surface area contributed by atoms with Gasteiger partial charge in [0.1, 0.15) is 5.82 Å². The number of rotatable bonds is 7. The molecule has 0 amide bonds. The van der Waals surface area contributed by atoms with Crippen LogP contribution >= 0.6 is 11.3 Å². The highest BCUT2D eigenvalue weighted by atomic mass is 32.1. The maximum Gasteiger partial charge on any atom is 0.162 e. The van der Waals surface area contributed by atoms with Crippen LogP contribution in [0.1, 0.15) is 28.8 Å². The van der Waals surface area contributed by atoms with E-state index in [1.807, 2.05) is 0 Å². The second kappa shape index (κ2) is 7.31. The van der Waals surface area contributed by atoms with Crippen molar-refractivity contribution in [2.75, 3.05) is 13.6 Å². The lowest BCUT2D eigenvalue weighted by Gasteiger charge is -2.15. The summed E-state index contributed by atoms with van der Waals surface area (Å²) in [6.45, 7) is 1.79. The monoisotopic (exact) mass is 291 g/mol. The van der Waals surface area contributed by atoms with Crippen LogP contribution in [0.5, 0.6) is 0 Å². The zero-order valence-corrected chi connectivity index (χ0v) is 12.3. The summed E-state index contributed by atoms with van der Waals surface area (Å²) in [7, 11) is 2.06. The van der Waals surface area contributed by atoms with Gasteiger partial charge in [-0.25, -0.2) is 4.39 Å². The first-order valence-corrected chi connectivity index (χ1v) is 7.58. The SMILES string of the molecule is CN(CCCC(=O)c1ccc(F)cc1)Cc1ccsc1. The number of benzene rings is 1. The molecule has 1 aromatic carbocycles. The summed E-state index contributed by atoms with van der Waals surface area (Å²) in [5.74, 6) is -0.231. The fraction of sp³-hybridized carbons (Fsp3) is 0.312. The van der Waals surface area contributed by atoms with Crippen LogP contribution in [-0.4, -0.2) is 24.3 Å². The summed E-state index contributed by atoms with van der Waals surface area (Å²) >= 11 is 1.70. The van der Waals surface area contributed by atoms with Crippen molar-refractivity contribution in [3.05, 3.63) is 58.0 Å². The first-order valence-electron chi connectivity index (χ1n) is 6.63. The first-order chi connectivity index (χ1) is 9.65. The Morgan fingerprint density at radius 1 is 1.25 bits per heavy atom. The van der Waals surface area contributed by atoms with E-state index < -0.39 is 0 Å². The molecule has 0 saturated heterocycles. The van der Waals surface area contributed by atoms with Crippen molar-refractivity contribution >= 4 is 17.1 Å². The van der Waals surface area contributed by atoms with E-state index in [1.165, 1.54) is 17.7 Å². The molecule has 0 aliphatic carbocycles. The van der Waals surface area contributed by atoms with Crippen LogP contribution in [-0.2, 0) is 6.54 Å². The van der Waals surface area contributed by atoms with E-state index >= 15 is 0 Å². The lowest BCUT2D eigenvalue weighted by molar-refractivity contribution is 0.0976. The predicted octanol–water partition coefficient (Wildman–Crippen LogP) is 3.98. The van der Waals surface area contributed by atoms with Crippen LogP contribution < -0.4 is 0 Å². The Morgan fingerprint density at radius 3 is 2.65 bits per heavy atom. The van der Waals surface area contributed by atoms with E-state index in [0.29, 0.717) is 12.0 Å². The molecule has 2 nitrogen and oxygen atoms in total. The van der Waals surface area contributed by atoms with Gasteiger partial charge in [0.15, 0.2) is 5.78 Å². The van der Waals surface area contributed by atoms with Crippen LogP contribution in [0.2, 0.25) is 0 Å². The van der Waals surface area contributed by atoms with Crippen molar-refractivity contribution in [1.29, 1.82) is 0 Å². The van der Waals surface area contributed by atoms with Crippen molar-refractivity contribution in [3.8, 4) is 0 Å². The smallest absolute Gasteiger partial charge is 0.162 e. The summed E-state index contributed by atoms with van der Waals surface area (Å²) in [4.78, 5) is 14.1. The maximum atomic E-state index is 12.8. The number of carbonyl (C=O) groups is 1. The fourth-order valence-corrected chi connectivity index (χ4v) is 2.72. The highest BCUT2D eigenvalue weighted by Crippen LogP contribution is 2.10. The van der Waals surface area contributed by atoms with Crippen molar-refractivity contribution in [1.82, 2.24) is 4.90 Å². The second-order valence-corrected chi connectivity index (χ2v) is 5.68. The minimum Gasteiger partial charge on any atom is -0.302 e. The molecule has 0 radical (unpaired) electrons. The Kier molecular flexibility index (Phi) is 5.44. The Morgan fingerprint density at radius 2 is 2.00 bits per heavy atom. The molecular formula is C16H18FNOS. The average molecular weight is 291 g/mol. The molecule has 106 valence electrons. The molecule has 1 heterocycles. The largest absolute Gasteiger partial charge is 0.302 e. The Hall–Kier alpha value is -1.52. The molecule has 2 rings (SSSR count). The molecule has 0 atom stereocenters. The molecule has 2 aromatic rings. The second-order valence-electron chi connectivity index (χ2n) is 4.90. The maximum absolute atomic E-state index is 12.8. The summed E-state index contributed by atoms with van der Waals surface area (Å²) in [6, 6.07) is 7.87. The first kappa shape index (κ1) is 14.9. The van der Waals surface area contributed by atoms with Gasteiger partial charge < -0.3 is 4.90 Å². The van der Waals surface area contributed by atoms with Gasteiger partial charge in [-0.05, 0) is 66.7 Å². The Bertz CT molecular complexity index is 536. The third-order valence-corrected chi connectivity index (χ3v) is 3.87. The van der Waals surface area contributed by atoms with Crippen LogP contribution in [0, 0.1) is 5.82 Å². The Labute approximate surface area is 122 Å². The minimum atomic E-state index is -0.308. The van der Waals surface area contributed by atoms with Gasteiger partial charge in [-0.2, -0.15) is 11.3 Å². The number of thiophene rings is 1. The van der Waals surface area contributed by atoms with Crippen LogP contribution in [0.15, 0.2) is 41.1 Å². The highest BCUT2D eigenvalue weighted by molar-refractivity contribution is 7.07. The van der Waals surface area contributed by atoms with E-state index in [0.717, 1.165) is 19.5 Å². The number of nitrogens with zero attached hydrogens (tertiary/aromatic N) is 1. The van der Waals surface area contributed by atoms with Crippen molar-refractivity contribution in [2.24, 2.45) is 0 Å². The average Bonchev–Trinajstić information content (AvgIpc) is 2.92. The highest BCUT2D eigenvalue weighted by Gasteiger charge is 2.07. The third kappa shape index (κ3) is 4.54. The molecular weight excluding hydrogens is 273 g/mol. The molecule has 0 aliphatic rings. The van der Waals surface area contributed by atoms with E-state index in [4.69, 9.17) is 0 Å². The van der Waals surface area contributed by atoms with Crippen LogP contribution in [0.25, 0.3) is 0 Å². The molecule has 0 spiro atoms. The number of carbonyl (C=O) groups excluding carboxylic acids is 1. The standard InChI is InChI=1S/C16H18FNOS/c1-18(11-13-8-10-20-12-13)9-2-3-16(19)14-4-6-15(17)7-5-14/h4-8,10,12H,2-3,9,11H2,1H3. The molecule has 0 N–H and O–H groups in total. The molecule has 20 heavy (non-hydrogen) atoms. The molecule has 0 aliphatic heterocycles. The van der Waals surface area contributed by atoms with E-state index in [2.05, 4.69) is 28.8 Å². The Balaban J connectivity index is 1.72. The van der Waals surface area contributed by atoms with Crippen molar-refractivity contribution < 1.29 is 9.18 Å². The number of hydrogen-bond donors (Lipinski definition) is 0. The fourth-order valence-electron chi connectivity index (χ4n) is 2.06. The van der Waals surface area contributed by atoms with Crippen molar-refractivity contribution in [2.45, 2.75) is 19.4 Å². The molecule has 0 saturated carbocycles. The van der Waals surface area contributed by atoms with E-state index in [-0.39, 0.29) is 11.6 Å². The molecule has 0 bridgehead atoms. The van der Waals surface area contributed by atoms with Gasteiger partial charge in [0.05, 0.1) is 0 Å². The lowest BCUT2D eigenvalue weighted by atomic mass is 10.1. The molecule has 0 fully saturated rings. The topological polar surface area (TPSA) is 20.3 Å². The summed E-state index contributed by atoms with van der Waals surface area (Å²) in [5.41, 5.74) is 1.90.